The van der Waals surface area contributed by atoms with E-state index in [1.165, 1.54) is 12.5 Å². The minimum absolute atomic E-state index is 0.133. The van der Waals surface area contributed by atoms with E-state index in [-0.39, 0.29) is 5.82 Å². The van der Waals surface area contributed by atoms with Crippen LogP contribution < -0.4 is 0 Å². The van der Waals surface area contributed by atoms with Crippen LogP contribution in [0.2, 0.25) is 0 Å². The van der Waals surface area contributed by atoms with Crippen molar-refractivity contribution >= 4 is 0 Å². The molecule has 0 fully saturated rings. The van der Waals surface area contributed by atoms with Crippen LogP contribution in [0.1, 0.15) is 39.2 Å². The lowest BCUT2D eigenvalue weighted by Crippen LogP contribution is -1.82. The van der Waals surface area contributed by atoms with E-state index in [0.717, 1.165) is 18.4 Å². The fourth-order valence-corrected chi connectivity index (χ4v) is 0.981. The molecule has 1 aromatic rings. The number of halogens is 1. The first-order valence-electron chi connectivity index (χ1n) is 4.99. The van der Waals surface area contributed by atoms with E-state index in [0.29, 0.717) is 0 Å². The van der Waals surface area contributed by atoms with Gasteiger partial charge in [0.2, 0.25) is 0 Å². The molecule has 0 aromatic heterocycles. The molecule has 0 nitrogen and oxygen atoms in total. The Labute approximate surface area is 80.8 Å². The average Bonchev–Trinajstić information content (AvgIpc) is 2.06. The van der Waals surface area contributed by atoms with E-state index in [1.54, 1.807) is 12.1 Å². The number of aryl methyl sites for hydroxylation is 1. The van der Waals surface area contributed by atoms with Gasteiger partial charge in [-0.1, -0.05) is 45.7 Å². The fraction of sp³-hybridized carbons (Fsp3) is 0.500. The van der Waals surface area contributed by atoms with Crippen LogP contribution in [-0.4, -0.2) is 0 Å². The Morgan fingerprint density at radius 3 is 2.23 bits per heavy atom. The van der Waals surface area contributed by atoms with Gasteiger partial charge in [-0.25, -0.2) is 4.39 Å². The van der Waals surface area contributed by atoms with Gasteiger partial charge in [0, 0.05) is 0 Å². The summed E-state index contributed by atoms with van der Waals surface area (Å²) in [5, 5.41) is 0. The van der Waals surface area contributed by atoms with Gasteiger partial charge in [0.1, 0.15) is 5.82 Å². The Balaban J connectivity index is 0.000000424. The molecular weight excluding hydrogens is 163 g/mol. The first-order valence-corrected chi connectivity index (χ1v) is 4.99. The van der Waals surface area contributed by atoms with E-state index in [4.69, 9.17) is 0 Å². The van der Waals surface area contributed by atoms with Gasteiger partial charge < -0.3 is 0 Å². The summed E-state index contributed by atoms with van der Waals surface area (Å²) >= 11 is 0. The second-order valence-corrected chi connectivity index (χ2v) is 3.09. The SMILES string of the molecule is CCC.CCCc1cccc(F)c1. The number of rotatable bonds is 2. The third kappa shape index (κ3) is 6.32. The van der Waals surface area contributed by atoms with E-state index in [2.05, 4.69) is 20.8 Å². The molecule has 1 heteroatoms. The zero-order chi connectivity index (χ0) is 10.1. The first kappa shape index (κ1) is 12.2. The van der Waals surface area contributed by atoms with E-state index >= 15 is 0 Å². The average molecular weight is 182 g/mol. The lowest BCUT2D eigenvalue weighted by molar-refractivity contribution is 0.625. The zero-order valence-corrected chi connectivity index (χ0v) is 8.81. The third-order valence-corrected chi connectivity index (χ3v) is 1.43. The topological polar surface area (TPSA) is 0 Å². The van der Waals surface area contributed by atoms with Crippen molar-refractivity contribution in [2.75, 3.05) is 0 Å². The van der Waals surface area contributed by atoms with E-state index in [1.807, 2.05) is 6.07 Å². The minimum Gasteiger partial charge on any atom is -0.207 e. The van der Waals surface area contributed by atoms with Crippen LogP contribution in [0.4, 0.5) is 4.39 Å². The molecule has 0 aliphatic rings. The second kappa shape index (κ2) is 7.78. The highest BCUT2D eigenvalue weighted by Gasteiger charge is 1.91. The Kier molecular flexibility index (Phi) is 7.27. The summed E-state index contributed by atoms with van der Waals surface area (Å²) in [6.45, 7) is 6.34. The van der Waals surface area contributed by atoms with E-state index in [9.17, 15) is 4.39 Å². The quantitative estimate of drug-likeness (QED) is 0.643. The Bertz CT molecular complexity index is 218. The van der Waals surface area contributed by atoms with Gasteiger partial charge in [0.05, 0.1) is 0 Å². The van der Waals surface area contributed by atoms with Gasteiger partial charge in [0.25, 0.3) is 0 Å². The van der Waals surface area contributed by atoms with Crippen molar-refractivity contribution < 1.29 is 4.39 Å². The molecule has 1 aromatic carbocycles. The normalized spacial score (nSPS) is 8.92. The molecule has 0 aliphatic carbocycles. The van der Waals surface area contributed by atoms with Crippen LogP contribution in [0.15, 0.2) is 24.3 Å². The molecule has 0 saturated carbocycles. The molecule has 0 unspecified atom stereocenters. The Hall–Kier alpha value is -0.850. The van der Waals surface area contributed by atoms with Gasteiger partial charge in [-0.05, 0) is 24.1 Å². The summed E-state index contributed by atoms with van der Waals surface area (Å²) in [4.78, 5) is 0. The lowest BCUT2D eigenvalue weighted by atomic mass is 10.1. The molecule has 1 rings (SSSR count). The Morgan fingerprint density at radius 2 is 1.77 bits per heavy atom. The molecule has 0 spiro atoms. The molecular formula is C12H19F. The van der Waals surface area contributed by atoms with Gasteiger partial charge in [-0.3, -0.25) is 0 Å². The molecule has 0 N–H and O–H groups in total. The summed E-state index contributed by atoms with van der Waals surface area (Å²) in [5.41, 5.74) is 1.09. The van der Waals surface area contributed by atoms with Crippen molar-refractivity contribution in [3.63, 3.8) is 0 Å². The van der Waals surface area contributed by atoms with Crippen molar-refractivity contribution in [2.24, 2.45) is 0 Å². The third-order valence-electron chi connectivity index (χ3n) is 1.43. The zero-order valence-electron chi connectivity index (χ0n) is 8.81. The van der Waals surface area contributed by atoms with Crippen molar-refractivity contribution in [1.82, 2.24) is 0 Å². The van der Waals surface area contributed by atoms with Crippen LogP contribution in [0.5, 0.6) is 0 Å². The molecule has 0 atom stereocenters. The lowest BCUT2D eigenvalue weighted by Gasteiger charge is -1.95. The van der Waals surface area contributed by atoms with Crippen molar-refractivity contribution in [3.8, 4) is 0 Å². The molecule has 0 bridgehead atoms. The highest BCUT2D eigenvalue weighted by molar-refractivity contribution is 5.16. The van der Waals surface area contributed by atoms with Gasteiger partial charge in [-0.2, -0.15) is 0 Å². The smallest absolute Gasteiger partial charge is 0.123 e. The maximum Gasteiger partial charge on any atom is 0.123 e. The van der Waals surface area contributed by atoms with Crippen LogP contribution in [0, 0.1) is 5.82 Å². The summed E-state index contributed by atoms with van der Waals surface area (Å²) in [6.07, 6.45) is 3.29. The summed E-state index contributed by atoms with van der Waals surface area (Å²) < 4.78 is 12.5. The fourth-order valence-electron chi connectivity index (χ4n) is 0.981. The molecule has 0 radical (unpaired) electrons. The maximum atomic E-state index is 12.5. The Morgan fingerprint density at radius 1 is 1.15 bits per heavy atom. The monoisotopic (exact) mass is 182 g/mol. The van der Waals surface area contributed by atoms with E-state index < -0.39 is 0 Å². The van der Waals surface area contributed by atoms with Crippen molar-refractivity contribution in [3.05, 3.63) is 35.6 Å². The van der Waals surface area contributed by atoms with Crippen LogP contribution in [-0.2, 0) is 6.42 Å². The number of hydrogen-bond donors (Lipinski definition) is 0. The van der Waals surface area contributed by atoms with Gasteiger partial charge >= 0.3 is 0 Å². The summed E-state index contributed by atoms with van der Waals surface area (Å²) in [7, 11) is 0. The maximum absolute atomic E-state index is 12.5. The number of benzene rings is 1. The predicted octanol–water partition coefficient (Wildman–Crippen LogP) is 4.19. The molecule has 0 amide bonds. The predicted molar refractivity (Wildman–Crippen MR) is 56.4 cm³/mol. The number of hydrogen-bond acceptors (Lipinski definition) is 0. The summed E-state index contributed by atoms with van der Waals surface area (Å²) in [5.74, 6) is -0.133. The summed E-state index contributed by atoms with van der Waals surface area (Å²) in [6, 6.07) is 6.76. The first-order chi connectivity index (χ1) is 6.24. The second-order valence-electron chi connectivity index (χ2n) is 3.09. The molecule has 74 valence electrons. The molecule has 13 heavy (non-hydrogen) atoms. The van der Waals surface area contributed by atoms with Crippen LogP contribution in [0.25, 0.3) is 0 Å². The van der Waals surface area contributed by atoms with Crippen molar-refractivity contribution in [1.29, 1.82) is 0 Å². The van der Waals surface area contributed by atoms with Gasteiger partial charge in [0.15, 0.2) is 0 Å². The molecule has 0 saturated heterocycles. The highest BCUT2D eigenvalue weighted by atomic mass is 19.1. The van der Waals surface area contributed by atoms with Crippen molar-refractivity contribution in [2.45, 2.75) is 40.0 Å². The standard InChI is InChI=1S/C9H11F.C3H8/c1-2-4-8-5-3-6-9(10)7-8;1-3-2/h3,5-7H,2,4H2,1H3;3H2,1-2H3. The van der Waals surface area contributed by atoms with Crippen LogP contribution in [0.3, 0.4) is 0 Å². The highest BCUT2D eigenvalue weighted by Crippen LogP contribution is 2.05. The molecule has 0 aliphatic heterocycles. The van der Waals surface area contributed by atoms with Gasteiger partial charge in [-0.15, -0.1) is 0 Å². The largest absolute Gasteiger partial charge is 0.207 e. The molecule has 0 heterocycles. The minimum atomic E-state index is -0.133. The van der Waals surface area contributed by atoms with Crippen LogP contribution >= 0.6 is 0 Å².